The number of carbonyl (C=O) groups excluding carboxylic acids is 1. The summed E-state index contributed by atoms with van der Waals surface area (Å²) in [4.78, 5) is 19.9. The Labute approximate surface area is 142 Å². The molecule has 1 amide bonds. The summed E-state index contributed by atoms with van der Waals surface area (Å²) < 4.78 is 0. The number of primary amides is 1. The number of benzene rings is 1. The fourth-order valence-electron chi connectivity index (χ4n) is 2.84. The van der Waals surface area contributed by atoms with E-state index in [1.54, 1.807) is 12.3 Å². The van der Waals surface area contributed by atoms with Crippen LogP contribution in [0.2, 0.25) is 0 Å². The van der Waals surface area contributed by atoms with Crippen molar-refractivity contribution in [3.05, 3.63) is 66.0 Å². The van der Waals surface area contributed by atoms with Gasteiger partial charge in [0.2, 0.25) is 0 Å². The Morgan fingerprint density at radius 1 is 1.12 bits per heavy atom. The fourth-order valence-corrected chi connectivity index (χ4v) is 2.84. The summed E-state index contributed by atoms with van der Waals surface area (Å²) >= 11 is 0. The Balaban J connectivity index is 1.51. The van der Waals surface area contributed by atoms with E-state index in [1.165, 1.54) is 5.56 Å². The minimum atomic E-state index is -0.485. The average Bonchev–Trinajstić information content (AvgIpc) is 2.63. The molecule has 24 heavy (non-hydrogen) atoms. The Kier molecular flexibility index (Phi) is 5.23. The standard InChI is InChI=1S/C19H22N4O/c20-19(24)18-15-17(8-9-21-18)23-13-11-22(12-14-23)10-4-7-16-5-2-1-3-6-16/h1-9,15H,10-14H2,(H2,20,24)/b7-4+. The van der Waals surface area contributed by atoms with Crippen molar-refractivity contribution in [2.75, 3.05) is 37.6 Å². The average molecular weight is 322 g/mol. The summed E-state index contributed by atoms with van der Waals surface area (Å²) in [7, 11) is 0. The van der Waals surface area contributed by atoms with E-state index in [0.29, 0.717) is 5.69 Å². The molecule has 0 radical (unpaired) electrons. The van der Waals surface area contributed by atoms with Crippen LogP contribution >= 0.6 is 0 Å². The molecular formula is C19H22N4O. The third kappa shape index (κ3) is 4.20. The normalized spacial score (nSPS) is 15.8. The fraction of sp³-hybridized carbons (Fsp3) is 0.263. The number of aromatic nitrogens is 1. The zero-order valence-corrected chi connectivity index (χ0v) is 13.6. The molecule has 1 aromatic heterocycles. The van der Waals surface area contributed by atoms with Gasteiger partial charge in [0.05, 0.1) is 0 Å². The molecule has 124 valence electrons. The second kappa shape index (κ2) is 7.75. The molecule has 2 heterocycles. The first kappa shape index (κ1) is 16.2. The molecule has 1 aliphatic rings. The summed E-state index contributed by atoms with van der Waals surface area (Å²) in [6.45, 7) is 4.80. The Bertz CT molecular complexity index is 706. The first-order valence-electron chi connectivity index (χ1n) is 8.17. The van der Waals surface area contributed by atoms with Crippen molar-refractivity contribution in [3.8, 4) is 0 Å². The van der Waals surface area contributed by atoms with Crippen LogP contribution in [-0.2, 0) is 0 Å². The SMILES string of the molecule is NC(=O)c1cc(N2CCN(C/C=C/c3ccccc3)CC2)ccn1. The lowest BCUT2D eigenvalue weighted by molar-refractivity contribution is 0.0995. The van der Waals surface area contributed by atoms with Crippen molar-refractivity contribution in [1.82, 2.24) is 9.88 Å². The van der Waals surface area contributed by atoms with E-state index in [2.05, 4.69) is 39.1 Å². The van der Waals surface area contributed by atoms with Crippen LogP contribution in [0, 0.1) is 0 Å². The van der Waals surface area contributed by atoms with Gasteiger partial charge in [-0.25, -0.2) is 0 Å². The zero-order valence-electron chi connectivity index (χ0n) is 13.6. The number of carbonyl (C=O) groups is 1. The number of pyridine rings is 1. The van der Waals surface area contributed by atoms with Crippen molar-refractivity contribution in [3.63, 3.8) is 0 Å². The molecule has 3 rings (SSSR count). The number of amides is 1. The quantitative estimate of drug-likeness (QED) is 0.915. The van der Waals surface area contributed by atoms with Gasteiger partial charge in [-0.15, -0.1) is 0 Å². The predicted molar refractivity (Wildman–Crippen MR) is 96.9 cm³/mol. The van der Waals surface area contributed by atoms with Gasteiger partial charge in [-0.3, -0.25) is 14.7 Å². The molecule has 1 fully saturated rings. The molecule has 0 aliphatic carbocycles. The van der Waals surface area contributed by atoms with Crippen molar-refractivity contribution in [2.45, 2.75) is 0 Å². The van der Waals surface area contributed by atoms with Crippen LogP contribution in [0.1, 0.15) is 16.1 Å². The van der Waals surface area contributed by atoms with Gasteiger partial charge in [0.15, 0.2) is 0 Å². The first-order valence-corrected chi connectivity index (χ1v) is 8.17. The number of hydrogen-bond acceptors (Lipinski definition) is 4. The van der Waals surface area contributed by atoms with E-state index >= 15 is 0 Å². The number of rotatable bonds is 5. The van der Waals surface area contributed by atoms with Gasteiger partial charge in [-0.2, -0.15) is 0 Å². The van der Waals surface area contributed by atoms with Crippen molar-refractivity contribution < 1.29 is 4.79 Å². The molecule has 0 bridgehead atoms. The molecule has 0 unspecified atom stereocenters. The number of nitrogens with zero attached hydrogens (tertiary/aromatic N) is 3. The number of nitrogens with two attached hydrogens (primary N) is 1. The third-order valence-corrected chi connectivity index (χ3v) is 4.21. The number of hydrogen-bond donors (Lipinski definition) is 1. The molecule has 0 spiro atoms. The predicted octanol–water partition coefficient (Wildman–Crippen LogP) is 2.02. The van der Waals surface area contributed by atoms with E-state index in [1.807, 2.05) is 24.3 Å². The van der Waals surface area contributed by atoms with Crippen LogP contribution in [0.25, 0.3) is 6.08 Å². The largest absolute Gasteiger partial charge is 0.369 e. The number of piperazine rings is 1. The lowest BCUT2D eigenvalue weighted by Crippen LogP contribution is -2.46. The maximum Gasteiger partial charge on any atom is 0.267 e. The smallest absolute Gasteiger partial charge is 0.267 e. The summed E-state index contributed by atoms with van der Waals surface area (Å²) in [6.07, 6.45) is 6.02. The monoisotopic (exact) mass is 322 g/mol. The summed E-state index contributed by atoms with van der Waals surface area (Å²) in [5.74, 6) is -0.485. The molecule has 1 aromatic carbocycles. The van der Waals surface area contributed by atoms with Crippen LogP contribution in [0.5, 0.6) is 0 Å². The van der Waals surface area contributed by atoms with E-state index in [0.717, 1.165) is 38.4 Å². The third-order valence-electron chi connectivity index (χ3n) is 4.21. The van der Waals surface area contributed by atoms with Crippen molar-refractivity contribution in [1.29, 1.82) is 0 Å². The molecular weight excluding hydrogens is 300 g/mol. The molecule has 5 nitrogen and oxygen atoms in total. The summed E-state index contributed by atoms with van der Waals surface area (Å²) in [5.41, 5.74) is 7.86. The van der Waals surface area contributed by atoms with Gasteiger partial charge in [-0.05, 0) is 17.7 Å². The minimum absolute atomic E-state index is 0.320. The molecule has 1 saturated heterocycles. The Morgan fingerprint density at radius 2 is 1.88 bits per heavy atom. The lowest BCUT2D eigenvalue weighted by Gasteiger charge is -2.35. The lowest BCUT2D eigenvalue weighted by atomic mass is 10.2. The highest BCUT2D eigenvalue weighted by atomic mass is 16.1. The molecule has 2 aromatic rings. The van der Waals surface area contributed by atoms with E-state index in [9.17, 15) is 4.79 Å². The highest BCUT2D eigenvalue weighted by Crippen LogP contribution is 2.16. The van der Waals surface area contributed by atoms with E-state index in [-0.39, 0.29) is 0 Å². The van der Waals surface area contributed by atoms with Crippen LogP contribution in [0.3, 0.4) is 0 Å². The van der Waals surface area contributed by atoms with Crippen molar-refractivity contribution >= 4 is 17.7 Å². The number of anilines is 1. The molecule has 2 N–H and O–H groups in total. The maximum atomic E-state index is 11.2. The molecule has 5 heteroatoms. The van der Waals surface area contributed by atoms with E-state index < -0.39 is 5.91 Å². The van der Waals surface area contributed by atoms with Gasteiger partial charge in [0.1, 0.15) is 5.69 Å². The molecule has 0 atom stereocenters. The van der Waals surface area contributed by atoms with Gasteiger partial charge in [0.25, 0.3) is 5.91 Å². The van der Waals surface area contributed by atoms with Gasteiger partial charge >= 0.3 is 0 Å². The van der Waals surface area contributed by atoms with Gasteiger partial charge in [0, 0.05) is 44.6 Å². The second-order valence-electron chi connectivity index (χ2n) is 5.86. The summed E-state index contributed by atoms with van der Waals surface area (Å²) in [5, 5.41) is 0. The Morgan fingerprint density at radius 3 is 2.58 bits per heavy atom. The van der Waals surface area contributed by atoms with Crippen LogP contribution < -0.4 is 10.6 Å². The van der Waals surface area contributed by atoms with Crippen molar-refractivity contribution in [2.24, 2.45) is 5.73 Å². The van der Waals surface area contributed by atoms with Crippen LogP contribution in [-0.4, -0.2) is 48.5 Å². The van der Waals surface area contributed by atoms with Crippen LogP contribution in [0.15, 0.2) is 54.7 Å². The topological polar surface area (TPSA) is 62.5 Å². The van der Waals surface area contributed by atoms with Crippen LogP contribution in [0.4, 0.5) is 5.69 Å². The minimum Gasteiger partial charge on any atom is -0.369 e. The van der Waals surface area contributed by atoms with E-state index in [4.69, 9.17) is 5.73 Å². The second-order valence-corrected chi connectivity index (χ2v) is 5.86. The summed E-state index contributed by atoms with van der Waals surface area (Å²) in [6, 6.07) is 14.0. The maximum absolute atomic E-state index is 11.2. The van der Waals surface area contributed by atoms with Gasteiger partial charge < -0.3 is 10.6 Å². The molecule has 1 aliphatic heterocycles. The zero-order chi connectivity index (χ0) is 16.8. The van der Waals surface area contributed by atoms with Gasteiger partial charge in [-0.1, -0.05) is 42.5 Å². The highest BCUT2D eigenvalue weighted by Gasteiger charge is 2.17. The highest BCUT2D eigenvalue weighted by molar-refractivity contribution is 5.91. The first-order chi connectivity index (χ1) is 11.7. The Hall–Kier alpha value is -2.66. The molecule has 0 saturated carbocycles.